The standard InChI is InChI=1S/C6H9F3S/c1-10-4-5(2-3-5)6(7,8)9/h2-4H2,1H3. The molecule has 0 atom stereocenters. The minimum Gasteiger partial charge on any atom is -0.170 e. The van der Waals surface area contributed by atoms with Crippen LogP contribution in [0.4, 0.5) is 13.2 Å². The summed E-state index contributed by atoms with van der Waals surface area (Å²) < 4.78 is 36.2. The molecule has 60 valence electrons. The van der Waals surface area contributed by atoms with Gasteiger partial charge in [-0.25, -0.2) is 0 Å². The molecule has 4 heteroatoms. The molecule has 0 unspecified atom stereocenters. The summed E-state index contributed by atoms with van der Waals surface area (Å²) in [6, 6.07) is 0. The first-order chi connectivity index (χ1) is 4.52. The van der Waals surface area contributed by atoms with E-state index in [1.807, 2.05) is 0 Å². The Hall–Kier alpha value is 0.140. The van der Waals surface area contributed by atoms with Crippen molar-refractivity contribution in [1.29, 1.82) is 0 Å². The van der Waals surface area contributed by atoms with E-state index in [-0.39, 0.29) is 5.75 Å². The normalized spacial score (nSPS) is 22.8. The van der Waals surface area contributed by atoms with E-state index in [9.17, 15) is 13.2 Å². The van der Waals surface area contributed by atoms with Gasteiger partial charge in [0.15, 0.2) is 0 Å². The van der Waals surface area contributed by atoms with Crippen LogP contribution < -0.4 is 0 Å². The summed E-state index contributed by atoms with van der Waals surface area (Å²) in [5.74, 6) is 0.233. The highest BCUT2D eigenvalue weighted by Gasteiger charge is 2.62. The minimum atomic E-state index is -3.96. The topological polar surface area (TPSA) is 0 Å². The Morgan fingerprint density at radius 2 is 1.90 bits per heavy atom. The third-order valence-electron chi connectivity index (χ3n) is 1.88. The molecule has 0 amide bonds. The van der Waals surface area contributed by atoms with Crippen molar-refractivity contribution in [2.75, 3.05) is 12.0 Å². The van der Waals surface area contributed by atoms with Crippen LogP contribution in [0.25, 0.3) is 0 Å². The van der Waals surface area contributed by atoms with Crippen LogP contribution in [0, 0.1) is 5.41 Å². The first-order valence-corrected chi connectivity index (χ1v) is 4.47. The Balaban J connectivity index is 2.52. The zero-order chi connectivity index (χ0) is 7.83. The fourth-order valence-electron chi connectivity index (χ4n) is 0.937. The highest BCUT2D eigenvalue weighted by molar-refractivity contribution is 7.98. The molecule has 0 radical (unpaired) electrons. The summed E-state index contributed by atoms with van der Waals surface area (Å²) in [6.45, 7) is 0. The van der Waals surface area contributed by atoms with Crippen LogP contribution in [0.15, 0.2) is 0 Å². The van der Waals surface area contributed by atoms with Gasteiger partial charge in [0.2, 0.25) is 0 Å². The molecule has 0 aromatic carbocycles. The molecule has 0 bridgehead atoms. The van der Waals surface area contributed by atoms with Gasteiger partial charge in [-0.3, -0.25) is 0 Å². The van der Waals surface area contributed by atoms with E-state index >= 15 is 0 Å². The largest absolute Gasteiger partial charge is 0.395 e. The first kappa shape index (κ1) is 8.24. The van der Waals surface area contributed by atoms with E-state index in [0.29, 0.717) is 12.8 Å². The van der Waals surface area contributed by atoms with Crippen LogP contribution in [0.3, 0.4) is 0 Å². The Morgan fingerprint density at radius 3 is 2.00 bits per heavy atom. The number of rotatable bonds is 2. The SMILES string of the molecule is CSCC1(C(F)(F)F)CC1. The maximum absolute atomic E-state index is 12.1. The third-order valence-corrected chi connectivity index (χ3v) is 2.72. The molecule has 0 nitrogen and oxygen atoms in total. The molecular formula is C6H9F3S. The molecule has 0 aromatic heterocycles. The fraction of sp³-hybridized carbons (Fsp3) is 1.00. The molecule has 0 N–H and O–H groups in total. The van der Waals surface area contributed by atoms with Crippen LogP contribution in [0.1, 0.15) is 12.8 Å². The van der Waals surface area contributed by atoms with Crippen LogP contribution in [-0.2, 0) is 0 Å². The zero-order valence-electron chi connectivity index (χ0n) is 5.66. The lowest BCUT2D eigenvalue weighted by molar-refractivity contribution is -0.179. The summed E-state index contributed by atoms with van der Waals surface area (Å²) in [7, 11) is 0. The average Bonchev–Trinajstić information content (AvgIpc) is 2.45. The van der Waals surface area contributed by atoms with E-state index in [0.717, 1.165) is 0 Å². The predicted molar refractivity (Wildman–Crippen MR) is 36.1 cm³/mol. The Bertz CT molecular complexity index is 125. The molecule has 0 heterocycles. The van der Waals surface area contributed by atoms with Crippen LogP contribution in [0.2, 0.25) is 0 Å². The quantitative estimate of drug-likeness (QED) is 0.614. The van der Waals surface area contributed by atoms with E-state index in [2.05, 4.69) is 0 Å². The van der Waals surface area contributed by atoms with E-state index in [4.69, 9.17) is 0 Å². The molecule has 1 aliphatic rings. The summed E-state index contributed by atoms with van der Waals surface area (Å²) in [6.07, 6.45) is -1.59. The van der Waals surface area contributed by atoms with Gasteiger partial charge in [0.05, 0.1) is 5.41 Å². The Kier molecular flexibility index (Phi) is 1.92. The van der Waals surface area contributed by atoms with Crippen LogP contribution >= 0.6 is 11.8 Å². The van der Waals surface area contributed by atoms with Gasteiger partial charge in [-0.15, -0.1) is 0 Å². The van der Waals surface area contributed by atoms with Gasteiger partial charge in [-0.05, 0) is 19.1 Å². The summed E-state index contributed by atoms with van der Waals surface area (Å²) in [4.78, 5) is 0. The second-order valence-electron chi connectivity index (χ2n) is 2.71. The highest BCUT2D eigenvalue weighted by atomic mass is 32.2. The van der Waals surface area contributed by atoms with Gasteiger partial charge in [-0.1, -0.05) is 0 Å². The van der Waals surface area contributed by atoms with E-state index in [1.165, 1.54) is 11.8 Å². The first-order valence-electron chi connectivity index (χ1n) is 3.07. The van der Waals surface area contributed by atoms with Crippen molar-refractivity contribution in [3.63, 3.8) is 0 Å². The molecule has 0 saturated heterocycles. The Labute approximate surface area is 62.2 Å². The van der Waals surface area contributed by atoms with Gasteiger partial charge >= 0.3 is 6.18 Å². The van der Waals surface area contributed by atoms with Crippen molar-refractivity contribution < 1.29 is 13.2 Å². The number of halogens is 3. The van der Waals surface area contributed by atoms with Gasteiger partial charge < -0.3 is 0 Å². The second-order valence-corrected chi connectivity index (χ2v) is 3.58. The lowest BCUT2D eigenvalue weighted by Crippen LogP contribution is -2.26. The van der Waals surface area contributed by atoms with Gasteiger partial charge in [0, 0.05) is 5.75 Å². The molecule has 0 spiro atoms. The maximum atomic E-state index is 12.1. The smallest absolute Gasteiger partial charge is 0.170 e. The van der Waals surface area contributed by atoms with E-state index in [1.54, 1.807) is 6.26 Å². The van der Waals surface area contributed by atoms with Crippen molar-refractivity contribution in [3.8, 4) is 0 Å². The molecule has 1 aliphatic carbocycles. The second kappa shape index (κ2) is 2.32. The molecule has 0 aromatic rings. The Morgan fingerprint density at radius 1 is 1.40 bits per heavy atom. The summed E-state index contributed by atoms with van der Waals surface area (Å²) in [5, 5.41) is 0. The number of alkyl halides is 3. The zero-order valence-corrected chi connectivity index (χ0v) is 6.48. The number of hydrogen-bond acceptors (Lipinski definition) is 1. The summed E-state index contributed by atoms with van der Waals surface area (Å²) >= 11 is 1.28. The van der Waals surface area contributed by atoms with Gasteiger partial charge in [0.25, 0.3) is 0 Å². The van der Waals surface area contributed by atoms with Crippen molar-refractivity contribution in [2.45, 2.75) is 19.0 Å². The highest BCUT2D eigenvalue weighted by Crippen LogP contribution is 2.58. The molecule has 1 fully saturated rings. The third kappa shape index (κ3) is 1.26. The average molecular weight is 170 g/mol. The van der Waals surface area contributed by atoms with Crippen LogP contribution in [-0.4, -0.2) is 18.2 Å². The van der Waals surface area contributed by atoms with Crippen molar-refractivity contribution in [2.24, 2.45) is 5.41 Å². The minimum absolute atomic E-state index is 0.233. The van der Waals surface area contributed by atoms with Crippen LogP contribution in [0.5, 0.6) is 0 Å². The predicted octanol–water partition coefficient (Wildman–Crippen LogP) is 2.69. The lowest BCUT2D eigenvalue weighted by Gasteiger charge is -2.16. The molecule has 1 saturated carbocycles. The molecule has 10 heavy (non-hydrogen) atoms. The van der Waals surface area contributed by atoms with Crippen molar-refractivity contribution in [3.05, 3.63) is 0 Å². The molecule has 1 rings (SSSR count). The molecule has 0 aliphatic heterocycles. The van der Waals surface area contributed by atoms with Gasteiger partial charge in [0.1, 0.15) is 0 Å². The van der Waals surface area contributed by atoms with E-state index < -0.39 is 11.6 Å². The maximum Gasteiger partial charge on any atom is 0.395 e. The molecular weight excluding hydrogens is 161 g/mol. The summed E-state index contributed by atoms with van der Waals surface area (Å²) in [5.41, 5.74) is -1.30. The fourth-order valence-corrected chi connectivity index (χ4v) is 1.94. The van der Waals surface area contributed by atoms with Gasteiger partial charge in [-0.2, -0.15) is 24.9 Å². The van der Waals surface area contributed by atoms with Crippen molar-refractivity contribution >= 4 is 11.8 Å². The van der Waals surface area contributed by atoms with Crippen molar-refractivity contribution in [1.82, 2.24) is 0 Å². The lowest BCUT2D eigenvalue weighted by atomic mass is 10.1. The number of thioether (sulfide) groups is 1. The monoisotopic (exact) mass is 170 g/mol. The number of hydrogen-bond donors (Lipinski definition) is 0.